The molecule has 0 aliphatic rings. The lowest BCUT2D eigenvalue weighted by Crippen LogP contribution is -2.31. The third-order valence-electron chi connectivity index (χ3n) is 4.75. The zero-order valence-electron chi connectivity index (χ0n) is 16.3. The summed E-state index contributed by atoms with van der Waals surface area (Å²) in [5, 5.41) is 1.08. The predicted molar refractivity (Wildman–Crippen MR) is 109 cm³/mol. The Morgan fingerprint density at radius 1 is 1.14 bits per heavy atom. The maximum atomic E-state index is 13.9. The summed E-state index contributed by atoms with van der Waals surface area (Å²) >= 11 is 6.00. The predicted octanol–water partition coefficient (Wildman–Crippen LogP) is 4.46. The average Bonchev–Trinajstić information content (AvgIpc) is 2.68. The molecule has 0 N–H and O–H groups in total. The third kappa shape index (κ3) is 4.38. The highest BCUT2D eigenvalue weighted by Crippen LogP contribution is 2.23. The molecule has 0 aliphatic heterocycles. The lowest BCUT2D eigenvalue weighted by molar-refractivity contribution is -0.133. The second kappa shape index (κ2) is 8.57. The SMILES string of the molecule is Cc1nc2ccccc2c(C)c1C(=O)OCC(=O)N(C)Cc1c(F)cccc1Cl. The van der Waals surface area contributed by atoms with Crippen LogP contribution >= 0.6 is 11.6 Å². The van der Waals surface area contributed by atoms with E-state index in [1.165, 1.54) is 24.1 Å². The Bertz CT molecular complexity index is 1080. The topological polar surface area (TPSA) is 59.5 Å². The number of halogens is 2. The number of para-hydroxylation sites is 1. The van der Waals surface area contributed by atoms with Crippen LogP contribution in [0.3, 0.4) is 0 Å². The Kier molecular flexibility index (Phi) is 6.13. The van der Waals surface area contributed by atoms with Gasteiger partial charge in [0.15, 0.2) is 6.61 Å². The number of carbonyl (C=O) groups is 2. The Hall–Kier alpha value is -2.99. The van der Waals surface area contributed by atoms with Crippen molar-refractivity contribution < 1.29 is 18.7 Å². The van der Waals surface area contributed by atoms with Gasteiger partial charge in [0.1, 0.15) is 5.82 Å². The van der Waals surface area contributed by atoms with Crippen LogP contribution in [0.15, 0.2) is 42.5 Å². The monoisotopic (exact) mass is 414 g/mol. The summed E-state index contributed by atoms with van der Waals surface area (Å²) in [6, 6.07) is 11.8. The van der Waals surface area contributed by atoms with E-state index in [1.807, 2.05) is 31.2 Å². The average molecular weight is 415 g/mol. The van der Waals surface area contributed by atoms with E-state index in [1.54, 1.807) is 13.0 Å². The third-order valence-corrected chi connectivity index (χ3v) is 5.10. The summed E-state index contributed by atoms with van der Waals surface area (Å²) in [7, 11) is 1.49. The molecule has 29 heavy (non-hydrogen) atoms. The molecule has 3 aromatic rings. The van der Waals surface area contributed by atoms with Gasteiger partial charge in [-0.05, 0) is 37.6 Å². The van der Waals surface area contributed by atoms with E-state index in [0.717, 1.165) is 16.5 Å². The number of aromatic nitrogens is 1. The number of nitrogens with zero attached hydrogens (tertiary/aromatic N) is 2. The molecule has 3 rings (SSSR count). The van der Waals surface area contributed by atoms with E-state index in [2.05, 4.69) is 4.98 Å². The van der Waals surface area contributed by atoms with Gasteiger partial charge in [0.25, 0.3) is 5.91 Å². The van der Waals surface area contributed by atoms with Crippen LogP contribution in [0.5, 0.6) is 0 Å². The number of benzene rings is 2. The van der Waals surface area contributed by atoms with Crippen LogP contribution in [0.2, 0.25) is 5.02 Å². The van der Waals surface area contributed by atoms with Crippen LogP contribution in [0.25, 0.3) is 10.9 Å². The van der Waals surface area contributed by atoms with Crippen molar-refractivity contribution in [1.29, 1.82) is 0 Å². The van der Waals surface area contributed by atoms with Gasteiger partial charge >= 0.3 is 5.97 Å². The summed E-state index contributed by atoms with van der Waals surface area (Å²) in [5.41, 5.74) is 2.62. The molecule has 0 saturated carbocycles. The zero-order chi connectivity index (χ0) is 21.1. The molecule has 0 aliphatic carbocycles. The van der Waals surface area contributed by atoms with Crippen molar-refractivity contribution >= 4 is 34.4 Å². The van der Waals surface area contributed by atoms with Crippen molar-refractivity contribution in [2.24, 2.45) is 0 Å². The molecule has 1 aromatic heterocycles. The molecule has 5 nitrogen and oxygen atoms in total. The number of likely N-dealkylation sites (N-methyl/N-ethyl adjacent to an activating group) is 1. The first kappa shape index (κ1) is 20.7. The fourth-order valence-corrected chi connectivity index (χ4v) is 3.37. The number of esters is 1. The molecule has 0 saturated heterocycles. The summed E-state index contributed by atoms with van der Waals surface area (Å²) in [4.78, 5) is 30.7. The Morgan fingerprint density at radius 2 is 1.86 bits per heavy atom. The number of amides is 1. The molecule has 0 radical (unpaired) electrons. The summed E-state index contributed by atoms with van der Waals surface area (Å²) in [6.45, 7) is 3.05. The Morgan fingerprint density at radius 3 is 2.59 bits per heavy atom. The van der Waals surface area contributed by atoms with Crippen LogP contribution in [-0.2, 0) is 16.1 Å². The van der Waals surface area contributed by atoms with Gasteiger partial charge in [-0.2, -0.15) is 0 Å². The van der Waals surface area contributed by atoms with Crippen molar-refractivity contribution in [2.45, 2.75) is 20.4 Å². The van der Waals surface area contributed by atoms with Gasteiger partial charge in [0.2, 0.25) is 0 Å². The molecule has 0 unspecified atom stereocenters. The van der Waals surface area contributed by atoms with Gasteiger partial charge in [0.05, 0.1) is 16.8 Å². The number of aryl methyl sites for hydroxylation is 2. The largest absolute Gasteiger partial charge is 0.452 e. The highest BCUT2D eigenvalue weighted by molar-refractivity contribution is 6.31. The highest BCUT2D eigenvalue weighted by atomic mass is 35.5. The second-order valence-corrected chi connectivity index (χ2v) is 7.15. The van der Waals surface area contributed by atoms with E-state index >= 15 is 0 Å². The van der Waals surface area contributed by atoms with Crippen LogP contribution in [0.1, 0.15) is 27.2 Å². The number of ether oxygens (including phenoxy) is 1. The molecule has 150 valence electrons. The number of hydrogen-bond acceptors (Lipinski definition) is 4. The highest BCUT2D eigenvalue weighted by Gasteiger charge is 2.20. The molecule has 1 heterocycles. The minimum Gasteiger partial charge on any atom is -0.452 e. The lowest BCUT2D eigenvalue weighted by atomic mass is 10.0. The Labute approximate surface area is 173 Å². The van der Waals surface area contributed by atoms with Crippen molar-refractivity contribution in [3.8, 4) is 0 Å². The van der Waals surface area contributed by atoms with Crippen LogP contribution in [0, 0.1) is 19.7 Å². The number of carbonyl (C=O) groups excluding carboxylic acids is 2. The maximum Gasteiger partial charge on any atom is 0.340 e. The quantitative estimate of drug-likeness (QED) is 0.578. The summed E-state index contributed by atoms with van der Waals surface area (Å²) < 4.78 is 19.1. The first-order valence-corrected chi connectivity index (χ1v) is 9.37. The fraction of sp³-hybridized carbons (Fsp3) is 0.227. The first-order valence-electron chi connectivity index (χ1n) is 8.99. The lowest BCUT2D eigenvalue weighted by Gasteiger charge is -2.19. The minimum absolute atomic E-state index is 0.0303. The summed E-state index contributed by atoms with van der Waals surface area (Å²) in [6.07, 6.45) is 0. The molecule has 0 atom stereocenters. The minimum atomic E-state index is -0.621. The van der Waals surface area contributed by atoms with E-state index in [9.17, 15) is 14.0 Å². The van der Waals surface area contributed by atoms with E-state index < -0.39 is 24.3 Å². The molecule has 0 fully saturated rings. The van der Waals surface area contributed by atoms with Crippen LogP contribution in [-0.4, -0.2) is 35.4 Å². The van der Waals surface area contributed by atoms with Crippen molar-refractivity contribution in [3.63, 3.8) is 0 Å². The number of rotatable bonds is 5. The number of pyridine rings is 1. The van der Waals surface area contributed by atoms with Crippen molar-refractivity contribution in [1.82, 2.24) is 9.88 Å². The molecule has 1 amide bonds. The first-order chi connectivity index (χ1) is 13.8. The van der Waals surface area contributed by atoms with E-state index in [0.29, 0.717) is 11.3 Å². The number of hydrogen-bond donors (Lipinski definition) is 0. The maximum absolute atomic E-state index is 13.9. The molecule has 2 aromatic carbocycles. The van der Waals surface area contributed by atoms with Crippen LogP contribution < -0.4 is 0 Å². The standard InChI is InChI=1S/C22H20ClFN2O3/c1-13-15-7-4-5-10-19(15)25-14(2)21(13)22(28)29-12-20(27)26(3)11-16-17(23)8-6-9-18(16)24/h4-10H,11-12H2,1-3H3. The van der Waals surface area contributed by atoms with E-state index in [4.69, 9.17) is 16.3 Å². The molecular weight excluding hydrogens is 395 g/mol. The molecule has 0 bridgehead atoms. The zero-order valence-corrected chi connectivity index (χ0v) is 17.1. The molecule has 7 heteroatoms. The Balaban J connectivity index is 1.70. The smallest absolute Gasteiger partial charge is 0.340 e. The van der Waals surface area contributed by atoms with E-state index in [-0.39, 0.29) is 17.1 Å². The second-order valence-electron chi connectivity index (χ2n) is 6.74. The fourth-order valence-electron chi connectivity index (χ4n) is 3.15. The van der Waals surface area contributed by atoms with Crippen LogP contribution in [0.4, 0.5) is 4.39 Å². The number of fused-ring (bicyclic) bond motifs is 1. The van der Waals surface area contributed by atoms with Crippen molar-refractivity contribution in [2.75, 3.05) is 13.7 Å². The summed E-state index contributed by atoms with van der Waals surface area (Å²) in [5.74, 6) is -1.59. The van der Waals surface area contributed by atoms with Gasteiger partial charge in [-0.3, -0.25) is 9.78 Å². The normalized spacial score (nSPS) is 10.8. The van der Waals surface area contributed by atoms with Gasteiger partial charge in [0, 0.05) is 29.6 Å². The van der Waals surface area contributed by atoms with Gasteiger partial charge < -0.3 is 9.64 Å². The van der Waals surface area contributed by atoms with Gasteiger partial charge in [-0.15, -0.1) is 0 Å². The molecule has 0 spiro atoms. The van der Waals surface area contributed by atoms with Gasteiger partial charge in [-0.1, -0.05) is 35.9 Å². The van der Waals surface area contributed by atoms with Gasteiger partial charge in [-0.25, -0.2) is 9.18 Å². The molecular formula is C22H20ClFN2O3. The van der Waals surface area contributed by atoms with Crippen molar-refractivity contribution in [3.05, 3.63) is 75.7 Å².